The summed E-state index contributed by atoms with van der Waals surface area (Å²) in [7, 11) is 2.16. The molecule has 0 aromatic heterocycles. The van der Waals surface area contributed by atoms with E-state index in [4.69, 9.17) is 5.21 Å². The lowest BCUT2D eigenvalue weighted by Crippen LogP contribution is -2.29. The molecule has 1 aliphatic heterocycles. The second-order valence-electron chi connectivity index (χ2n) is 6.56. The maximum absolute atomic E-state index is 12.2. The number of carbonyl (C=O) groups excluding carboxylic acids is 1. The van der Waals surface area contributed by atoms with Crippen LogP contribution in [0.1, 0.15) is 23.5 Å². The molecule has 2 N–H and O–H groups in total. The highest BCUT2D eigenvalue weighted by Gasteiger charge is 2.22. The van der Waals surface area contributed by atoms with Crippen LogP contribution < -0.4 is 10.4 Å². The molecule has 1 unspecified atom stereocenters. The Kier molecular flexibility index (Phi) is 5.68. The number of nitrogens with one attached hydrogen (secondary N) is 1. The minimum Gasteiger partial charge on any atom is -0.370 e. The molecule has 132 valence electrons. The van der Waals surface area contributed by atoms with E-state index in [-0.39, 0.29) is 0 Å². The molecule has 1 saturated heterocycles. The van der Waals surface area contributed by atoms with Crippen molar-refractivity contribution >= 4 is 11.6 Å². The Balaban J connectivity index is 1.83. The summed E-state index contributed by atoms with van der Waals surface area (Å²) in [6.07, 6.45) is 1.15. The second kappa shape index (κ2) is 8.14. The van der Waals surface area contributed by atoms with Crippen LogP contribution >= 0.6 is 0 Å². The van der Waals surface area contributed by atoms with Gasteiger partial charge in [0.25, 0.3) is 5.91 Å². The maximum atomic E-state index is 12.2. The van der Waals surface area contributed by atoms with E-state index in [1.165, 1.54) is 5.69 Å². The van der Waals surface area contributed by atoms with Gasteiger partial charge in [0.2, 0.25) is 0 Å². The molecule has 1 atom stereocenters. The lowest BCUT2D eigenvalue weighted by molar-refractivity contribution is -0.129. The number of anilines is 1. The molecule has 0 spiro atoms. The van der Waals surface area contributed by atoms with Gasteiger partial charge in [-0.25, -0.2) is 5.48 Å². The fraction of sp³-hybridized carbons (Fsp3) is 0.350. The van der Waals surface area contributed by atoms with Crippen LogP contribution in [0.3, 0.4) is 0 Å². The smallest absolute Gasteiger partial charge is 0.255 e. The number of nitrogens with zero attached hydrogens (tertiary/aromatic N) is 2. The van der Waals surface area contributed by atoms with Crippen LogP contribution in [-0.4, -0.2) is 49.2 Å². The molecule has 1 heterocycles. The average molecular weight is 339 g/mol. The molecule has 0 aliphatic carbocycles. The molecule has 1 aliphatic rings. The third kappa shape index (κ3) is 4.18. The Morgan fingerprint density at radius 3 is 2.32 bits per heavy atom. The van der Waals surface area contributed by atoms with Gasteiger partial charge < -0.3 is 9.80 Å². The molecule has 3 rings (SSSR count). The van der Waals surface area contributed by atoms with Crippen molar-refractivity contribution in [1.82, 2.24) is 10.4 Å². The summed E-state index contributed by atoms with van der Waals surface area (Å²) in [4.78, 5) is 16.9. The number of benzene rings is 2. The number of hydrogen-bond acceptors (Lipinski definition) is 4. The predicted molar refractivity (Wildman–Crippen MR) is 99.0 cm³/mol. The molecule has 5 nitrogen and oxygen atoms in total. The first-order chi connectivity index (χ1) is 12.2. The SMILES string of the molecule is CN1CCCN(c2ccc(C(C(=O)NO)c3ccccc3)cc2)CC1. The van der Waals surface area contributed by atoms with Crippen molar-refractivity contribution in [1.29, 1.82) is 0 Å². The van der Waals surface area contributed by atoms with Crippen LogP contribution in [0.15, 0.2) is 54.6 Å². The van der Waals surface area contributed by atoms with E-state index < -0.39 is 11.8 Å². The Hall–Kier alpha value is -2.37. The quantitative estimate of drug-likeness (QED) is 0.664. The van der Waals surface area contributed by atoms with E-state index >= 15 is 0 Å². The van der Waals surface area contributed by atoms with Gasteiger partial charge in [-0.2, -0.15) is 0 Å². The third-order valence-corrected chi connectivity index (χ3v) is 4.82. The zero-order valence-corrected chi connectivity index (χ0v) is 14.6. The molecular weight excluding hydrogens is 314 g/mol. The standard InChI is InChI=1S/C20H25N3O2/c1-22-12-5-13-23(15-14-22)18-10-8-17(9-11-18)19(20(24)21-25)16-6-3-2-4-7-16/h2-4,6-11,19,25H,5,12-15H2,1H3,(H,21,24). The Labute approximate surface area is 148 Å². The topological polar surface area (TPSA) is 55.8 Å². The summed E-state index contributed by atoms with van der Waals surface area (Å²) in [5, 5.41) is 9.13. The van der Waals surface area contributed by atoms with E-state index in [1.54, 1.807) is 5.48 Å². The number of likely N-dealkylation sites (N-methyl/N-ethyl adjacent to an activating group) is 1. The van der Waals surface area contributed by atoms with Gasteiger partial charge in [-0.15, -0.1) is 0 Å². The van der Waals surface area contributed by atoms with Crippen molar-refractivity contribution in [3.63, 3.8) is 0 Å². The van der Waals surface area contributed by atoms with Crippen molar-refractivity contribution in [3.8, 4) is 0 Å². The van der Waals surface area contributed by atoms with Crippen LogP contribution in [-0.2, 0) is 4.79 Å². The van der Waals surface area contributed by atoms with Crippen LogP contribution in [0.4, 0.5) is 5.69 Å². The normalized spacial score (nSPS) is 17.0. The van der Waals surface area contributed by atoms with Gasteiger partial charge in [-0.3, -0.25) is 10.0 Å². The highest BCUT2D eigenvalue weighted by Crippen LogP contribution is 2.27. The van der Waals surface area contributed by atoms with Gasteiger partial charge >= 0.3 is 0 Å². The second-order valence-corrected chi connectivity index (χ2v) is 6.56. The first-order valence-corrected chi connectivity index (χ1v) is 8.71. The largest absolute Gasteiger partial charge is 0.370 e. The van der Waals surface area contributed by atoms with E-state index in [9.17, 15) is 4.79 Å². The summed E-state index contributed by atoms with van der Waals surface area (Å²) in [6, 6.07) is 17.6. The summed E-state index contributed by atoms with van der Waals surface area (Å²) in [5.41, 5.74) is 4.70. The number of amides is 1. The molecule has 0 radical (unpaired) electrons. The van der Waals surface area contributed by atoms with Crippen molar-refractivity contribution < 1.29 is 10.0 Å². The Morgan fingerprint density at radius 1 is 0.960 bits per heavy atom. The fourth-order valence-electron chi connectivity index (χ4n) is 3.39. The molecule has 2 aromatic carbocycles. The molecule has 5 heteroatoms. The number of rotatable bonds is 4. The summed E-state index contributed by atoms with van der Waals surface area (Å²) in [6.45, 7) is 4.24. The van der Waals surface area contributed by atoms with Gasteiger partial charge in [-0.1, -0.05) is 42.5 Å². The average Bonchev–Trinajstić information content (AvgIpc) is 2.88. The van der Waals surface area contributed by atoms with E-state index in [0.717, 1.165) is 43.7 Å². The zero-order chi connectivity index (χ0) is 17.6. The van der Waals surface area contributed by atoms with E-state index in [2.05, 4.69) is 29.0 Å². The molecule has 25 heavy (non-hydrogen) atoms. The number of hydrogen-bond donors (Lipinski definition) is 2. The molecule has 0 bridgehead atoms. The van der Waals surface area contributed by atoms with Gasteiger partial charge in [0.15, 0.2) is 0 Å². The molecule has 1 fully saturated rings. The van der Waals surface area contributed by atoms with E-state index in [0.29, 0.717) is 0 Å². The summed E-state index contributed by atoms with van der Waals surface area (Å²) in [5.74, 6) is -0.939. The van der Waals surface area contributed by atoms with Crippen molar-refractivity contribution in [2.45, 2.75) is 12.3 Å². The maximum Gasteiger partial charge on any atom is 0.255 e. The molecule has 1 amide bonds. The van der Waals surface area contributed by atoms with Crippen LogP contribution in [0.2, 0.25) is 0 Å². The monoisotopic (exact) mass is 339 g/mol. The van der Waals surface area contributed by atoms with Crippen molar-refractivity contribution in [2.24, 2.45) is 0 Å². The highest BCUT2D eigenvalue weighted by atomic mass is 16.5. The number of hydroxylamine groups is 1. The minimum absolute atomic E-state index is 0.421. The van der Waals surface area contributed by atoms with Crippen molar-refractivity contribution in [3.05, 3.63) is 65.7 Å². The Bertz CT molecular complexity index is 688. The molecular formula is C20H25N3O2. The first-order valence-electron chi connectivity index (χ1n) is 8.71. The van der Waals surface area contributed by atoms with Gasteiger partial charge in [0.05, 0.1) is 5.92 Å². The summed E-state index contributed by atoms with van der Waals surface area (Å²) < 4.78 is 0. The lowest BCUT2D eigenvalue weighted by atomic mass is 9.90. The van der Waals surface area contributed by atoms with Crippen LogP contribution in [0.5, 0.6) is 0 Å². The number of carbonyl (C=O) groups is 1. The first kappa shape index (κ1) is 17.5. The van der Waals surface area contributed by atoms with Crippen molar-refractivity contribution in [2.75, 3.05) is 38.1 Å². The minimum atomic E-state index is -0.518. The molecule has 2 aromatic rings. The third-order valence-electron chi connectivity index (χ3n) is 4.82. The van der Waals surface area contributed by atoms with Gasteiger partial charge in [-0.05, 0) is 43.3 Å². The Morgan fingerprint density at radius 2 is 1.64 bits per heavy atom. The fourth-order valence-corrected chi connectivity index (χ4v) is 3.39. The van der Waals surface area contributed by atoms with Crippen LogP contribution in [0, 0.1) is 0 Å². The summed E-state index contributed by atoms with van der Waals surface area (Å²) >= 11 is 0. The van der Waals surface area contributed by atoms with E-state index in [1.807, 2.05) is 42.5 Å². The van der Waals surface area contributed by atoms with Gasteiger partial charge in [0.1, 0.15) is 0 Å². The zero-order valence-electron chi connectivity index (χ0n) is 14.6. The van der Waals surface area contributed by atoms with Gasteiger partial charge in [0, 0.05) is 25.3 Å². The lowest BCUT2D eigenvalue weighted by Gasteiger charge is -2.24. The highest BCUT2D eigenvalue weighted by molar-refractivity contribution is 5.86. The molecule has 0 saturated carbocycles. The predicted octanol–water partition coefficient (Wildman–Crippen LogP) is 2.47. The van der Waals surface area contributed by atoms with Crippen LogP contribution in [0.25, 0.3) is 0 Å².